The van der Waals surface area contributed by atoms with Crippen LogP contribution in [0.5, 0.6) is 0 Å². The van der Waals surface area contributed by atoms with Gasteiger partial charge in [0.05, 0.1) is 22.5 Å². The summed E-state index contributed by atoms with van der Waals surface area (Å²) < 4.78 is 1.60. The van der Waals surface area contributed by atoms with Crippen LogP contribution in [0.4, 0.5) is 11.4 Å². The highest BCUT2D eigenvalue weighted by Crippen LogP contribution is 2.69. The lowest BCUT2D eigenvalue weighted by Crippen LogP contribution is -2.43. The number of anilines is 2. The first-order chi connectivity index (χ1) is 23.3. The molecule has 7 atom stereocenters. The van der Waals surface area contributed by atoms with Crippen molar-refractivity contribution in [1.29, 1.82) is 0 Å². The van der Waals surface area contributed by atoms with Crippen LogP contribution in [0.15, 0.2) is 101 Å². The van der Waals surface area contributed by atoms with Gasteiger partial charge in [-0.05, 0) is 83.8 Å². The maximum atomic E-state index is 14.1. The number of aromatic nitrogens is 1. The van der Waals surface area contributed by atoms with Crippen LogP contribution < -0.4 is 15.1 Å². The number of fused-ring (bicyclic) bond motifs is 10. The largest absolute Gasteiger partial charge is 0.325 e. The van der Waals surface area contributed by atoms with Gasteiger partial charge in [-0.1, -0.05) is 83.1 Å². The molecule has 9 rings (SSSR count). The van der Waals surface area contributed by atoms with Crippen LogP contribution in [0.2, 0.25) is 5.02 Å². The second-order valence-corrected chi connectivity index (χ2v) is 16.0. The number of hydrogen-bond acceptors (Lipinski definition) is 6. The Balaban J connectivity index is 1.07. The monoisotopic (exact) mass is 691 g/mol. The zero-order valence-corrected chi connectivity index (χ0v) is 28.2. The maximum absolute atomic E-state index is 14.1. The van der Waals surface area contributed by atoms with E-state index in [9.17, 15) is 19.2 Å². The Bertz CT molecular complexity index is 2210. The van der Waals surface area contributed by atoms with Gasteiger partial charge in [0.1, 0.15) is 6.54 Å². The Labute approximate surface area is 289 Å². The van der Waals surface area contributed by atoms with Crippen LogP contribution in [0.3, 0.4) is 0 Å². The lowest BCUT2D eigenvalue weighted by molar-refractivity contribution is -0.123. The number of nitrogens with zero attached hydrogens (tertiary/aromatic N) is 2. The third kappa shape index (κ3) is 4.55. The fourth-order valence-corrected chi connectivity index (χ4v) is 12.1. The minimum atomic E-state index is -0.389. The Morgan fingerprint density at radius 3 is 2.33 bits per heavy atom. The number of imide groups is 1. The molecule has 1 aromatic heterocycles. The van der Waals surface area contributed by atoms with E-state index in [4.69, 9.17) is 11.6 Å². The van der Waals surface area contributed by atoms with Crippen LogP contribution in [0, 0.1) is 36.5 Å². The van der Waals surface area contributed by atoms with Crippen molar-refractivity contribution in [2.75, 3.05) is 10.2 Å². The standard InChI is InChI=1S/C38H30ClN3O4S2/c1-19-6-14-25(15-7-19)42-35(44)31-26-17-27(32(31)36(42)45)33-30(26)29(21-8-11-23(39)12-9-21)34-37(47-33)41(38(46)48-34)18-28(43)40-24-13-10-20-4-2-3-5-22(20)16-24/h2-16,26-27,29-33H,17-18H2,1H3,(H,40,43). The highest BCUT2D eigenvalue weighted by atomic mass is 35.5. The van der Waals surface area contributed by atoms with Crippen molar-refractivity contribution in [3.8, 4) is 0 Å². The lowest BCUT2D eigenvalue weighted by Gasteiger charge is -2.43. The van der Waals surface area contributed by atoms with E-state index in [2.05, 4.69) is 5.32 Å². The number of carbonyl (C=O) groups is 3. The zero-order valence-electron chi connectivity index (χ0n) is 25.8. The first-order valence-electron chi connectivity index (χ1n) is 16.2. The molecular weight excluding hydrogens is 662 g/mol. The SMILES string of the molecule is Cc1ccc(N2C(=O)C3C4CC(C3C2=O)C2C(c3ccc(Cl)cc3)c3sc(=O)n(CC(=O)Nc5ccc6ccccc6c5)c3SC42)cc1. The van der Waals surface area contributed by atoms with Crippen LogP contribution in [-0.4, -0.2) is 27.5 Å². The topological polar surface area (TPSA) is 88.5 Å². The molecule has 3 heterocycles. The highest BCUT2D eigenvalue weighted by molar-refractivity contribution is 8.00. The molecule has 48 heavy (non-hydrogen) atoms. The van der Waals surface area contributed by atoms with Gasteiger partial charge >= 0.3 is 4.87 Å². The Morgan fingerprint density at radius 1 is 0.875 bits per heavy atom. The van der Waals surface area contributed by atoms with Crippen LogP contribution in [0.1, 0.15) is 28.3 Å². The van der Waals surface area contributed by atoms with E-state index in [0.717, 1.165) is 38.2 Å². The lowest BCUT2D eigenvalue weighted by atomic mass is 9.68. The highest BCUT2D eigenvalue weighted by Gasteiger charge is 2.69. The summed E-state index contributed by atoms with van der Waals surface area (Å²) in [5.41, 5.74) is 3.39. The number of thiazole rings is 1. The summed E-state index contributed by atoms with van der Waals surface area (Å²) in [5, 5.41) is 6.51. The van der Waals surface area contributed by atoms with Gasteiger partial charge < -0.3 is 5.32 Å². The molecule has 1 saturated heterocycles. The fraction of sp³-hybridized carbons (Fsp3) is 0.263. The number of nitrogens with one attached hydrogen (secondary N) is 1. The van der Waals surface area contributed by atoms with Gasteiger partial charge in [-0.15, -0.1) is 11.8 Å². The van der Waals surface area contributed by atoms with Gasteiger partial charge in [-0.2, -0.15) is 0 Å². The number of halogens is 1. The summed E-state index contributed by atoms with van der Waals surface area (Å²) in [7, 11) is 0. The summed E-state index contributed by atoms with van der Waals surface area (Å²) in [6.45, 7) is 1.87. The first kappa shape index (κ1) is 29.9. The van der Waals surface area contributed by atoms with Gasteiger partial charge in [0.15, 0.2) is 0 Å². The van der Waals surface area contributed by atoms with Crippen molar-refractivity contribution in [2.45, 2.75) is 36.1 Å². The third-order valence-electron chi connectivity index (χ3n) is 10.8. The first-order valence-corrected chi connectivity index (χ1v) is 18.2. The van der Waals surface area contributed by atoms with E-state index in [-0.39, 0.29) is 69.9 Å². The molecule has 4 aliphatic rings. The summed E-state index contributed by atoms with van der Waals surface area (Å²) in [6.07, 6.45) is 0.794. The molecule has 10 heteroatoms. The van der Waals surface area contributed by atoms with Crippen molar-refractivity contribution in [3.05, 3.63) is 122 Å². The van der Waals surface area contributed by atoms with Gasteiger partial charge in [0, 0.05) is 26.8 Å². The maximum Gasteiger partial charge on any atom is 0.308 e. The van der Waals surface area contributed by atoms with E-state index >= 15 is 0 Å². The number of benzene rings is 4. The van der Waals surface area contributed by atoms with Gasteiger partial charge in [-0.25, -0.2) is 0 Å². The van der Waals surface area contributed by atoms with E-state index in [1.165, 1.54) is 16.2 Å². The molecule has 2 saturated carbocycles. The van der Waals surface area contributed by atoms with Crippen LogP contribution in [-0.2, 0) is 20.9 Å². The number of amides is 3. The van der Waals surface area contributed by atoms with Crippen molar-refractivity contribution < 1.29 is 14.4 Å². The molecule has 7 nitrogen and oxygen atoms in total. The van der Waals surface area contributed by atoms with E-state index in [1.54, 1.807) is 16.3 Å². The molecule has 240 valence electrons. The molecule has 2 aliphatic carbocycles. The number of aryl methyl sites for hydroxylation is 1. The van der Waals surface area contributed by atoms with Gasteiger partial charge in [0.25, 0.3) is 0 Å². The van der Waals surface area contributed by atoms with E-state index in [1.807, 2.05) is 97.9 Å². The quantitative estimate of drug-likeness (QED) is 0.195. The molecule has 1 N–H and O–H groups in total. The molecule has 4 aromatic carbocycles. The smallest absolute Gasteiger partial charge is 0.308 e. The molecule has 2 aliphatic heterocycles. The second-order valence-electron chi connectivity index (χ2n) is 13.4. The molecule has 0 spiro atoms. The van der Waals surface area contributed by atoms with Crippen molar-refractivity contribution in [3.63, 3.8) is 0 Å². The number of carbonyl (C=O) groups excluding carboxylic acids is 3. The number of thioether (sulfide) groups is 1. The average Bonchev–Trinajstić information content (AvgIpc) is 3.80. The molecule has 3 fully saturated rings. The zero-order chi connectivity index (χ0) is 32.8. The predicted octanol–water partition coefficient (Wildman–Crippen LogP) is 7.34. The van der Waals surface area contributed by atoms with E-state index < -0.39 is 0 Å². The summed E-state index contributed by atoms with van der Waals surface area (Å²) in [5.74, 6) is -1.39. The molecular formula is C38H30ClN3O4S2. The minimum Gasteiger partial charge on any atom is -0.325 e. The Hall–Kier alpha value is -4.18. The predicted molar refractivity (Wildman–Crippen MR) is 190 cm³/mol. The third-order valence-corrected chi connectivity index (χ3v) is 13.8. The summed E-state index contributed by atoms with van der Waals surface area (Å²) in [4.78, 5) is 57.4. The summed E-state index contributed by atoms with van der Waals surface area (Å²) >= 11 is 9.13. The minimum absolute atomic E-state index is 0.0000746. The Kier molecular flexibility index (Phi) is 6.97. The van der Waals surface area contributed by atoms with Crippen molar-refractivity contribution >= 4 is 74.6 Å². The molecule has 7 unspecified atom stereocenters. The van der Waals surface area contributed by atoms with Crippen LogP contribution in [0.25, 0.3) is 10.8 Å². The summed E-state index contributed by atoms with van der Waals surface area (Å²) in [6, 6.07) is 29.0. The van der Waals surface area contributed by atoms with Gasteiger partial charge in [-0.3, -0.25) is 28.6 Å². The molecule has 5 aromatic rings. The molecule has 3 amide bonds. The average molecular weight is 692 g/mol. The van der Waals surface area contributed by atoms with Crippen molar-refractivity contribution in [2.24, 2.45) is 29.6 Å². The number of rotatable bonds is 5. The van der Waals surface area contributed by atoms with Crippen molar-refractivity contribution in [1.82, 2.24) is 4.57 Å². The normalized spacial score (nSPS) is 26.9. The van der Waals surface area contributed by atoms with Gasteiger partial charge in [0.2, 0.25) is 17.7 Å². The second kappa shape index (κ2) is 11.2. The van der Waals surface area contributed by atoms with Crippen LogP contribution >= 0.6 is 34.7 Å². The van der Waals surface area contributed by atoms with E-state index in [0.29, 0.717) is 16.4 Å². The Morgan fingerprint density at radius 2 is 1.58 bits per heavy atom. The fourth-order valence-electron chi connectivity index (χ4n) is 8.86. The molecule has 0 radical (unpaired) electrons. The molecule has 2 bridgehead atoms. The number of hydrogen-bond donors (Lipinski definition) is 1.